The van der Waals surface area contributed by atoms with E-state index in [0.717, 1.165) is 5.56 Å². The third kappa shape index (κ3) is 5.63. The first-order chi connectivity index (χ1) is 16.5. The molecule has 174 valence electrons. The van der Waals surface area contributed by atoms with E-state index in [9.17, 15) is 14.9 Å². The summed E-state index contributed by atoms with van der Waals surface area (Å²) in [4.78, 5) is 25.7. The van der Waals surface area contributed by atoms with Crippen LogP contribution in [0.3, 0.4) is 0 Å². The van der Waals surface area contributed by atoms with Gasteiger partial charge in [-0.25, -0.2) is 4.79 Å². The molecule has 1 aromatic heterocycles. The monoisotopic (exact) mass is 476 g/mol. The number of esters is 1. The lowest BCUT2D eigenvalue weighted by atomic mass is 10.0. The van der Waals surface area contributed by atoms with Crippen LogP contribution in [-0.4, -0.2) is 32.2 Å². The summed E-state index contributed by atoms with van der Waals surface area (Å²) in [6.07, 6.45) is 1.45. The van der Waals surface area contributed by atoms with Crippen LogP contribution in [0, 0.1) is 11.3 Å². The SMILES string of the molecule is CCOC(=O)c1c(-c2ccccc2)csc1NC(=O)/C(C#N)=C/c1ccc(OCC)c(OC)c1. The number of thiophene rings is 1. The first-order valence-electron chi connectivity index (χ1n) is 10.6. The third-order valence-electron chi connectivity index (χ3n) is 4.75. The van der Waals surface area contributed by atoms with Gasteiger partial charge in [-0.05, 0) is 43.2 Å². The lowest BCUT2D eigenvalue weighted by molar-refractivity contribution is -0.112. The lowest BCUT2D eigenvalue weighted by Crippen LogP contribution is -2.16. The normalized spacial score (nSPS) is 10.8. The fourth-order valence-electron chi connectivity index (χ4n) is 3.22. The fourth-order valence-corrected chi connectivity index (χ4v) is 4.17. The smallest absolute Gasteiger partial charge is 0.341 e. The lowest BCUT2D eigenvalue weighted by Gasteiger charge is -2.10. The highest BCUT2D eigenvalue weighted by Crippen LogP contribution is 2.36. The summed E-state index contributed by atoms with van der Waals surface area (Å²) in [5, 5.41) is 14.4. The molecule has 1 N–H and O–H groups in total. The van der Waals surface area contributed by atoms with Crippen LogP contribution in [0.25, 0.3) is 17.2 Å². The van der Waals surface area contributed by atoms with Crippen molar-refractivity contribution in [2.45, 2.75) is 13.8 Å². The van der Waals surface area contributed by atoms with Gasteiger partial charge >= 0.3 is 5.97 Å². The average Bonchev–Trinajstić information content (AvgIpc) is 3.27. The molecule has 3 aromatic rings. The Morgan fingerprint density at radius 3 is 2.50 bits per heavy atom. The average molecular weight is 477 g/mol. The Kier molecular flexibility index (Phi) is 8.43. The Morgan fingerprint density at radius 1 is 1.09 bits per heavy atom. The molecule has 2 aromatic carbocycles. The van der Waals surface area contributed by atoms with Crippen molar-refractivity contribution in [2.75, 3.05) is 25.6 Å². The molecule has 0 aliphatic heterocycles. The molecule has 0 aliphatic carbocycles. The van der Waals surface area contributed by atoms with Gasteiger partial charge in [0.15, 0.2) is 11.5 Å². The van der Waals surface area contributed by atoms with E-state index in [2.05, 4.69) is 5.32 Å². The molecule has 0 bridgehead atoms. The minimum Gasteiger partial charge on any atom is -0.493 e. The number of carbonyl (C=O) groups excluding carboxylic acids is 2. The van der Waals surface area contributed by atoms with Gasteiger partial charge in [-0.15, -0.1) is 11.3 Å². The highest BCUT2D eigenvalue weighted by Gasteiger charge is 2.23. The van der Waals surface area contributed by atoms with Gasteiger partial charge in [-0.2, -0.15) is 5.26 Å². The van der Waals surface area contributed by atoms with Crippen LogP contribution in [0.4, 0.5) is 5.00 Å². The standard InChI is InChI=1S/C26H24N2O5S/c1-4-32-21-12-11-17(14-22(21)31-3)13-19(15-27)24(29)28-25-23(26(30)33-5-2)20(16-34-25)18-9-7-6-8-10-18/h6-14,16H,4-5H2,1-3H3,(H,28,29)/b19-13+. The van der Waals surface area contributed by atoms with Gasteiger partial charge in [0, 0.05) is 10.9 Å². The Bertz CT molecular complexity index is 1240. The van der Waals surface area contributed by atoms with Crippen molar-refractivity contribution in [1.29, 1.82) is 5.26 Å². The molecule has 0 unspecified atom stereocenters. The van der Waals surface area contributed by atoms with E-state index in [1.54, 1.807) is 30.5 Å². The van der Waals surface area contributed by atoms with Gasteiger partial charge in [-0.3, -0.25) is 4.79 Å². The summed E-state index contributed by atoms with van der Waals surface area (Å²) in [6, 6.07) is 16.4. The largest absolute Gasteiger partial charge is 0.493 e. The number of anilines is 1. The maximum atomic E-state index is 12.9. The van der Waals surface area contributed by atoms with Crippen molar-refractivity contribution in [3.63, 3.8) is 0 Å². The molecule has 0 saturated heterocycles. The van der Waals surface area contributed by atoms with Crippen molar-refractivity contribution in [3.8, 4) is 28.7 Å². The van der Waals surface area contributed by atoms with E-state index in [-0.39, 0.29) is 17.7 Å². The predicted octanol–water partition coefficient (Wildman–Crippen LogP) is 5.54. The first kappa shape index (κ1) is 24.6. The van der Waals surface area contributed by atoms with Gasteiger partial charge in [0.2, 0.25) is 0 Å². The Morgan fingerprint density at radius 2 is 1.85 bits per heavy atom. The zero-order chi connectivity index (χ0) is 24.5. The Hall–Kier alpha value is -4.09. The van der Waals surface area contributed by atoms with E-state index in [4.69, 9.17) is 14.2 Å². The van der Waals surface area contributed by atoms with E-state index in [1.165, 1.54) is 24.5 Å². The molecule has 7 nitrogen and oxygen atoms in total. The topological polar surface area (TPSA) is 97.7 Å². The third-order valence-corrected chi connectivity index (χ3v) is 5.64. The second kappa shape index (κ2) is 11.7. The van der Waals surface area contributed by atoms with Gasteiger partial charge in [-0.1, -0.05) is 36.4 Å². The number of nitrogens with one attached hydrogen (secondary N) is 1. The zero-order valence-electron chi connectivity index (χ0n) is 19.1. The second-order valence-electron chi connectivity index (χ2n) is 6.91. The molecular formula is C26H24N2O5S. The van der Waals surface area contributed by atoms with Crippen LogP contribution >= 0.6 is 11.3 Å². The molecule has 0 atom stereocenters. The number of ether oxygens (including phenoxy) is 3. The number of amides is 1. The molecule has 1 amide bonds. The second-order valence-corrected chi connectivity index (χ2v) is 7.79. The number of carbonyl (C=O) groups is 2. The highest BCUT2D eigenvalue weighted by atomic mass is 32.1. The fraction of sp³-hybridized carbons (Fsp3) is 0.192. The van der Waals surface area contributed by atoms with E-state index in [1.807, 2.05) is 43.3 Å². The summed E-state index contributed by atoms with van der Waals surface area (Å²) in [5.74, 6) is -0.126. The highest BCUT2D eigenvalue weighted by molar-refractivity contribution is 7.15. The molecule has 0 saturated carbocycles. The quantitative estimate of drug-likeness (QED) is 0.247. The summed E-state index contributed by atoms with van der Waals surface area (Å²) < 4.78 is 16.1. The van der Waals surface area contributed by atoms with Crippen LogP contribution in [0.5, 0.6) is 11.5 Å². The maximum Gasteiger partial charge on any atom is 0.341 e. The maximum absolute atomic E-state index is 12.9. The van der Waals surface area contributed by atoms with E-state index >= 15 is 0 Å². The molecule has 34 heavy (non-hydrogen) atoms. The number of hydrogen-bond acceptors (Lipinski definition) is 7. The van der Waals surface area contributed by atoms with E-state index in [0.29, 0.717) is 34.2 Å². The number of rotatable bonds is 9. The number of methoxy groups -OCH3 is 1. The molecule has 1 heterocycles. The molecular weight excluding hydrogens is 452 g/mol. The molecule has 8 heteroatoms. The number of benzene rings is 2. The van der Waals surface area contributed by atoms with Gasteiger partial charge < -0.3 is 19.5 Å². The van der Waals surface area contributed by atoms with Crippen LogP contribution in [0.1, 0.15) is 29.8 Å². The molecule has 0 fully saturated rings. The van der Waals surface area contributed by atoms with Crippen molar-refractivity contribution >= 4 is 34.3 Å². The number of nitriles is 1. The molecule has 0 radical (unpaired) electrons. The summed E-state index contributed by atoms with van der Waals surface area (Å²) >= 11 is 1.20. The summed E-state index contributed by atoms with van der Waals surface area (Å²) in [7, 11) is 1.52. The van der Waals surface area contributed by atoms with Crippen LogP contribution in [0.2, 0.25) is 0 Å². The number of nitrogens with zero attached hydrogens (tertiary/aromatic N) is 1. The van der Waals surface area contributed by atoms with Gasteiger partial charge in [0.05, 0.1) is 20.3 Å². The summed E-state index contributed by atoms with van der Waals surface area (Å²) in [6.45, 7) is 4.25. The van der Waals surface area contributed by atoms with Crippen molar-refractivity contribution in [3.05, 3.63) is 70.6 Å². The predicted molar refractivity (Wildman–Crippen MR) is 132 cm³/mol. The molecule has 0 spiro atoms. The Labute approximate surface area is 202 Å². The van der Waals surface area contributed by atoms with Crippen molar-refractivity contribution in [1.82, 2.24) is 0 Å². The first-order valence-corrected chi connectivity index (χ1v) is 11.5. The minimum absolute atomic E-state index is 0.129. The van der Waals surface area contributed by atoms with Crippen LogP contribution in [0.15, 0.2) is 59.5 Å². The van der Waals surface area contributed by atoms with Crippen molar-refractivity contribution in [2.24, 2.45) is 0 Å². The van der Waals surface area contributed by atoms with Gasteiger partial charge in [0.25, 0.3) is 5.91 Å². The van der Waals surface area contributed by atoms with Crippen LogP contribution in [-0.2, 0) is 9.53 Å². The zero-order valence-corrected chi connectivity index (χ0v) is 19.9. The Balaban J connectivity index is 1.93. The van der Waals surface area contributed by atoms with E-state index < -0.39 is 11.9 Å². The van der Waals surface area contributed by atoms with Crippen molar-refractivity contribution < 1.29 is 23.8 Å². The summed E-state index contributed by atoms with van der Waals surface area (Å²) in [5.41, 5.74) is 2.19. The van der Waals surface area contributed by atoms with Crippen LogP contribution < -0.4 is 14.8 Å². The molecule has 3 rings (SSSR count). The van der Waals surface area contributed by atoms with Gasteiger partial charge in [0.1, 0.15) is 22.2 Å². The number of hydrogen-bond donors (Lipinski definition) is 1. The molecule has 0 aliphatic rings. The minimum atomic E-state index is -0.637.